The van der Waals surface area contributed by atoms with Gasteiger partial charge in [-0.2, -0.15) is 0 Å². The summed E-state index contributed by atoms with van der Waals surface area (Å²) in [6.45, 7) is 0.517. The second-order valence-electron chi connectivity index (χ2n) is 7.86. The lowest BCUT2D eigenvalue weighted by Gasteiger charge is -2.23. The molecule has 2 bridgehead atoms. The van der Waals surface area contributed by atoms with Crippen LogP contribution in [-0.4, -0.2) is 36.9 Å². The highest BCUT2D eigenvalue weighted by Crippen LogP contribution is 2.53. The molecule has 0 aromatic heterocycles. The van der Waals surface area contributed by atoms with Gasteiger partial charge in [-0.15, -0.1) is 0 Å². The molecule has 0 radical (unpaired) electrons. The fourth-order valence-corrected chi connectivity index (χ4v) is 5.05. The van der Waals surface area contributed by atoms with Crippen molar-refractivity contribution >= 4 is 34.8 Å². The van der Waals surface area contributed by atoms with Crippen molar-refractivity contribution in [2.24, 2.45) is 11.8 Å². The highest BCUT2D eigenvalue weighted by molar-refractivity contribution is 6.30. The minimum atomic E-state index is -0.797. The Hall–Kier alpha value is -3.03. The Kier molecular flexibility index (Phi) is 3.70. The third-order valence-corrected chi connectivity index (χ3v) is 6.40. The van der Waals surface area contributed by atoms with Crippen LogP contribution in [0, 0.1) is 11.8 Å². The van der Waals surface area contributed by atoms with E-state index in [1.165, 1.54) is 0 Å². The monoisotopic (exact) mass is 424 g/mol. The van der Waals surface area contributed by atoms with E-state index in [4.69, 9.17) is 25.8 Å². The van der Waals surface area contributed by atoms with Gasteiger partial charge in [0.05, 0.1) is 24.5 Å². The first-order valence-corrected chi connectivity index (χ1v) is 10.1. The number of amides is 2. The number of halogens is 1. The number of hydrogen-bond acceptors (Lipinski definition) is 5. The zero-order valence-electron chi connectivity index (χ0n) is 15.7. The summed E-state index contributed by atoms with van der Waals surface area (Å²) >= 11 is 6.02. The quantitative estimate of drug-likeness (QED) is 0.766. The normalized spacial score (nSPS) is 30.1. The van der Waals surface area contributed by atoms with Crippen LogP contribution in [0.1, 0.15) is 0 Å². The Morgan fingerprint density at radius 1 is 1.17 bits per heavy atom. The molecule has 0 unspecified atom stereocenters. The number of nitrogens with zero attached hydrogens (tertiary/aromatic N) is 1. The maximum atomic E-state index is 13.4. The number of rotatable bonds is 3. The van der Waals surface area contributed by atoms with E-state index in [2.05, 4.69) is 5.32 Å². The van der Waals surface area contributed by atoms with Crippen LogP contribution in [0.4, 0.5) is 11.4 Å². The van der Waals surface area contributed by atoms with E-state index in [1.807, 2.05) is 18.2 Å². The number of benzene rings is 2. The maximum Gasteiger partial charge on any atom is 0.234 e. The lowest BCUT2D eigenvalue weighted by molar-refractivity contribution is -0.128. The van der Waals surface area contributed by atoms with E-state index >= 15 is 0 Å². The second kappa shape index (κ2) is 6.23. The molecular weight excluding hydrogens is 408 g/mol. The molecule has 8 heteroatoms. The van der Waals surface area contributed by atoms with Crippen LogP contribution in [0.15, 0.2) is 54.6 Å². The number of ether oxygens (including phenoxy) is 3. The molecule has 2 fully saturated rings. The Balaban J connectivity index is 1.30. The van der Waals surface area contributed by atoms with Crippen molar-refractivity contribution in [3.05, 3.63) is 59.6 Å². The van der Waals surface area contributed by atoms with Gasteiger partial charge in [-0.3, -0.25) is 9.59 Å². The summed E-state index contributed by atoms with van der Waals surface area (Å²) < 4.78 is 17.0. The van der Waals surface area contributed by atoms with Gasteiger partial charge in [0, 0.05) is 22.5 Å². The molecule has 1 N–H and O–H groups in total. The second-order valence-corrected chi connectivity index (χ2v) is 8.30. The van der Waals surface area contributed by atoms with Gasteiger partial charge in [0.1, 0.15) is 5.60 Å². The molecule has 4 aliphatic rings. The fourth-order valence-electron chi connectivity index (χ4n) is 4.86. The van der Waals surface area contributed by atoms with Gasteiger partial charge in [-0.05, 0) is 30.3 Å². The lowest BCUT2D eigenvalue weighted by atomic mass is 9.77. The van der Waals surface area contributed by atoms with Gasteiger partial charge >= 0.3 is 0 Å². The molecule has 152 valence electrons. The Bertz CT molecular complexity index is 1120. The van der Waals surface area contributed by atoms with Gasteiger partial charge in [-0.1, -0.05) is 29.8 Å². The Labute approximate surface area is 177 Å². The molecule has 2 amide bonds. The minimum Gasteiger partial charge on any atom is -0.454 e. The van der Waals surface area contributed by atoms with Gasteiger partial charge in [-0.25, -0.2) is 0 Å². The van der Waals surface area contributed by atoms with Crippen LogP contribution >= 0.6 is 11.6 Å². The number of carbonyl (C=O) groups is 2. The van der Waals surface area contributed by atoms with E-state index in [0.717, 1.165) is 0 Å². The van der Waals surface area contributed by atoms with Crippen LogP contribution in [0.3, 0.4) is 0 Å². The molecule has 2 aromatic carbocycles. The summed E-state index contributed by atoms with van der Waals surface area (Å²) in [4.78, 5) is 28.2. The number of nitrogens with one attached hydrogen (secondary N) is 1. The van der Waals surface area contributed by atoms with Gasteiger partial charge in [0.15, 0.2) is 11.5 Å². The molecule has 4 atom stereocenters. The molecule has 2 saturated heterocycles. The van der Waals surface area contributed by atoms with Crippen molar-refractivity contribution in [1.29, 1.82) is 0 Å². The zero-order valence-corrected chi connectivity index (χ0v) is 16.5. The van der Waals surface area contributed by atoms with Crippen molar-refractivity contribution in [1.82, 2.24) is 0 Å². The third kappa shape index (κ3) is 2.49. The molecule has 1 spiro atoms. The topological polar surface area (TPSA) is 77.1 Å². The first-order chi connectivity index (χ1) is 14.5. The summed E-state index contributed by atoms with van der Waals surface area (Å²) in [6.07, 6.45) is 3.39. The van der Waals surface area contributed by atoms with Crippen molar-refractivity contribution in [3.63, 3.8) is 0 Å². The number of fused-ring (bicyclic) bond motifs is 2. The molecule has 2 aromatic rings. The Morgan fingerprint density at radius 2 is 2.03 bits per heavy atom. The van der Waals surface area contributed by atoms with Gasteiger partial charge in [0.25, 0.3) is 0 Å². The average molecular weight is 425 g/mol. The number of hydrogen-bond donors (Lipinski definition) is 1. The molecule has 7 nitrogen and oxygen atoms in total. The Morgan fingerprint density at radius 3 is 2.90 bits per heavy atom. The maximum absolute atomic E-state index is 13.4. The van der Waals surface area contributed by atoms with Crippen molar-refractivity contribution in [3.8, 4) is 11.5 Å². The zero-order chi connectivity index (χ0) is 20.5. The molecule has 4 aliphatic heterocycles. The van der Waals surface area contributed by atoms with Crippen molar-refractivity contribution in [2.75, 3.05) is 23.6 Å². The average Bonchev–Trinajstić information content (AvgIpc) is 3.48. The third-order valence-electron chi connectivity index (χ3n) is 6.16. The van der Waals surface area contributed by atoms with E-state index < -0.39 is 23.5 Å². The highest BCUT2D eigenvalue weighted by atomic mass is 35.5. The lowest BCUT2D eigenvalue weighted by Crippen LogP contribution is -2.41. The van der Waals surface area contributed by atoms with Crippen molar-refractivity contribution < 1.29 is 23.8 Å². The minimum absolute atomic E-state index is 0.132. The largest absolute Gasteiger partial charge is 0.454 e. The first-order valence-electron chi connectivity index (χ1n) is 9.69. The van der Waals surface area contributed by atoms with Gasteiger partial charge < -0.3 is 24.4 Å². The SMILES string of the molecule is O=C(Nc1cccc(Cl)c1)[C@H]1[C@H]2C(=O)N(c3ccc4c(c3)OCO4)C[C@]23C=C[C@H]1O3. The summed E-state index contributed by atoms with van der Waals surface area (Å²) in [5, 5.41) is 3.41. The summed E-state index contributed by atoms with van der Waals surface area (Å²) in [5.41, 5.74) is 0.489. The summed E-state index contributed by atoms with van der Waals surface area (Å²) in [7, 11) is 0. The molecule has 4 heterocycles. The standard InChI is InChI=1S/C22H17ClN2O5/c23-12-2-1-3-13(8-12)24-20(26)18-16-6-7-22(30-16)10-25(21(27)19(18)22)14-4-5-15-17(9-14)29-11-28-15/h1-9,16,18-19H,10-11H2,(H,24,26)/t16-,18-,19+,22-/m1/s1. The van der Waals surface area contributed by atoms with Crippen LogP contribution in [-0.2, 0) is 14.3 Å². The predicted molar refractivity (Wildman–Crippen MR) is 109 cm³/mol. The van der Waals surface area contributed by atoms with Crippen LogP contribution < -0.4 is 19.7 Å². The van der Waals surface area contributed by atoms with E-state index in [1.54, 1.807) is 41.3 Å². The summed E-state index contributed by atoms with van der Waals surface area (Å²) in [5.74, 6) is -0.325. The molecular formula is C22H17ClN2O5. The van der Waals surface area contributed by atoms with Crippen LogP contribution in [0.25, 0.3) is 0 Å². The highest BCUT2D eigenvalue weighted by Gasteiger charge is 2.67. The van der Waals surface area contributed by atoms with E-state index in [0.29, 0.717) is 34.4 Å². The number of anilines is 2. The first kappa shape index (κ1) is 17.8. The number of carbonyl (C=O) groups excluding carboxylic acids is 2. The molecule has 0 saturated carbocycles. The van der Waals surface area contributed by atoms with Crippen LogP contribution in [0.5, 0.6) is 11.5 Å². The van der Waals surface area contributed by atoms with E-state index in [9.17, 15) is 9.59 Å². The van der Waals surface area contributed by atoms with Gasteiger partial charge in [0.2, 0.25) is 18.6 Å². The fraction of sp³-hybridized carbons (Fsp3) is 0.273. The smallest absolute Gasteiger partial charge is 0.234 e. The molecule has 6 rings (SSSR count). The predicted octanol–water partition coefficient (Wildman–Crippen LogP) is 2.99. The summed E-state index contributed by atoms with van der Waals surface area (Å²) in [6, 6.07) is 12.3. The molecule has 30 heavy (non-hydrogen) atoms. The van der Waals surface area contributed by atoms with Crippen molar-refractivity contribution in [2.45, 2.75) is 11.7 Å². The molecule has 0 aliphatic carbocycles. The van der Waals surface area contributed by atoms with Crippen LogP contribution in [0.2, 0.25) is 5.02 Å². The van der Waals surface area contributed by atoms with E-state index in [-0.39, 0.29) is 18.6 Å².